The molecular weight excluding hydrogens is 396 g/mol. The molecule has 1 aliphatic rings. The van der Waals surface area contributed by atoms with Gasteiger partial charge in [-0.05, 0) is 82.3 Å². The molecule has 0 unspecified atom stereocenters. The smallest absolute Gasteiger partial charge is 0.158 e. The predicted octanol–water partition coefficient (Wildman–Crippen LogP) is 5.60. The lowest BCUT2D eigenvalue weighted by Gasteiger charge is -2.34. The van der Waals surface area contributed by atoms with E-state index in [2.05, 4.69) is 73.8 Å². The van der Waals surface area contributed by atoms with Crippen molar-refractivity contribution < 1.29 is 0 Å². The van der Waals surface area contributed by atoms with Crippen LogP contribution in [0.2, 0.25) is 0 Å². The molecule has 1 N–H and O–H groups in total. The number of aromatic amines is 1. The maximum absolute atomic E-state index is 4.91. The molecule has 6 heteroatoms. The molecule has 0 aliphatic carbocycles. The van der Waals surface area contributed by atoms with Gasteiger partial charge in [0.2, 0.25) is 0 Å². The Labute approximate surface area is 190 Å². The standard InChI is InChI=1S/C26H34N6/c1-15(2)24-20-11-22(19-7-9-31(10-8-19)16(3)4)27-12-23(20)30-25(24)21-13-32-26(28-14-29-32)18(6)17(21)5/h11-16,19,30H,7-10H2,1-6H3. The highest BCUT2D eigenvalue weighted by Crippen LogP contribution is 2.39. The van der Waals surface area contributed by atoms with Gasteiger partial charge in [-0.2, -0.15) is 5.10 Å². The molecule has 5 heterocycles. The molecule has 168 valence electrons. The number of aryl methyl sites for hydroxylation is 1. The Hall–Kier alpha value is -2.73. The SMILES string of the molecule is Cc1c(-c2[nH]c3cnc(C4CCN(C(C)C)CC4)cc3c2C(C)C)cn2ncnc2c1C. The summed E-state index contributed by atoms with van der Waals surface area (Å²) in [4.78, 5) is 15.6. The second-order valence-corrected chi connectivity index (χ2v) is 9.95. The molecule has 6 nitrogen and oxygen atoms in total. The lowest BCUT2D eigenvalue weighted by molar-refractivity contribution is 0.171. The average Bonchev–Trinajstić information content (AvgIpc) is 3.40. The molecular formula is C26H34N6. The minimum absolute atomic E-state index is 0.392. The number of piperidine rings is 1. The number of hydrogen-bond acceptors (Lipinski definition) is 4. The molecule has 1 fully saturated rings. The van der Waals surface area contributed by atoms with Crippen molar-refractivity contribution in [2.45, 2.75) is 72.3 Å². The van der Waals surface area contributed by atoms with Crippen molar-refractivity contribution in [1.29, 1.82) is 0 Å². The van der Waals surface area contributed by atoms with Gasteiger partial charge < -0.3 is 9.88 Å². The molecule has 0 saturated carbocycles. The lowest BCUT2D eigenvalue weighted by Crippen LogP contribution is -2.37. The molecule has 0 aromatic carbocycles. The van der Waals surface area contributed by atoms with E-state index >= 15 is 0 Å². The first kappa shape index (κ1) is 21.1. The quantitative estimate of drug-likeness (QED) is 0.458. The highest BCUT2D eigenvalue weighted by atomic mass is 15.3. The summed E-state index contributed by atoms with van der Waals surface area (Å²) in [5.41, 5.74) is 9.43. The Morgan fingerprint density at radius 1 is 1.03 bits per heavy atom. The summed E-state index contributed by atoms with van der Waals surface area (Å²) in [6.07, 6.45) is 8.15. The molecule has 32 heavy (non-hydrogen) atoms. The van der Waals surface area contributed by atoms with Crippen molar-refractivity contribution in [1.82, 2.24) is 29.5 Å². The third kappa shape index (κ3) is 3.41. The van der Waals surface area contributed by atoms with Gasteiger partial charge in [0.15, 0.2) is 5.65 Å². The van der Waals surface area contributed by atoms with E-state index < -0.39 is 0 Å². The van der Waals surface area contributed by atoms with Crippen molar-refractivity contribution in [2.24, 2.45) is 0 Å². The fourth-order valence-corrected chi connectivity index (χ4v) is 5.33. The molecule has 1 aliphatic heterocycles. The zero-order valence-electron chi connectivity index (χ0n) is 20.1. The summed E-state index contributed by atoms with van der Waals surface area (Å²) < 4.78 is 1.89. The van der Waals surface area contributed by atoms with Crippen LogP contribution in [-0.4, -0.2) is 48.6 Å². The van der Waals surface area contributed by atoms with Gasteiger partial charge in [0.1, 0.15) is 6.33 Å². The molecule has 0 spiro atoms. The molecule has 4 aromatic heterocycles. The predicted molar refractivity (Wildman–Crippen MR) is 130 cm³/mol. The number of pyridine rings is 2. The Morgan fingerprint density at radius 3 is 2.47 bits per heavy atom. The number of rotatable bonds is 4. The number of hydrogen-bond donors (Lipinski definition) is 1. The molecule has 5 rings (SSSR count). The zero-order valence-corrected chi connectivity index (χ0v) is 20.1. The fraction of sp³-hybridized carbons (Fsp3) is 0.500. The topological polar surface area (TPSA) is 62.1 Å². The van der Waals surface area contributed by atoms with E-state index in [0.717, 1.165) is 24.3 Å². The van der Waals surface area contributed by atoms with E-state index in [-0.39, 0.29) is 0 Å². The minimum atomic E-state index is 0.392. The van der Waals surface area contributed by atoms with Crippen LogP contribution < -0.4 is 0 Å². The number of nitrogens with one attached hydrogen (secondary N) is 1. The van der Waals surface area contributed by atoms with Crippen molar-refractivity contribution >= 4 is 16.6 Å². The van der Waals surface area contributed by atoms with Crippen LogP contribution >= 0.6 is 0 Å². The second-order valence-electron chi connectivity index (χ2n) is 9.95. The summed E-state index contributed by atoms with van der Waals surface area (Å²) in [5, 5.41) is 5.71. The number of aromatic nitrogens is 5. The van der Waals surface area contributed by atoms with E-state index in [1.165, 1.54) is 51.9 Å². The average molecular weight is 431 g/mol. The first-order chi connectivity index (χ1) is 15.3. The minimum Gasteiger partial charge on any atom is -0.353 e. The van der Waals surface area contributed by atoms with E-state index in [9.17, 15) is 0 Å². The zero-order chi connectivity index (χ0) is 22.6. The van der Waals surface area contributed by atoms with Crippen LogP contribution in [0.5, 0.6) is 0 Å². The van der Waals surface area contributed by atoms with Crippen molar-refractivity contribution in [3.05, 3.63) is 47.2 Å². The van der Waals surface area contributed by atoms with Gasteiger partial charge in [-0.25, -0.2) is 9.50 Å². The number of nitrogens with zero attached hydrogens (tertiary/aromatic N) is 5. The Kier molecular flexibility index (Phi) is 5.28. The van der Waals surface area contributed by atoms with Crippen LogP contribution in [0, 0.1) is 13.8 Å². The summed E-state index contributed by atoms with van der Waals surface area (Å²) in [7, 11) is 0. The van der Waals surface area contributed by atoms with Gasteiger partial charge in [-0.1, -0.05) is 13.8 Å². The van der Waals surface area contributed by atoms with Crippen LogP contribution in [-0.2, 0) is 0 Å². The fourth-order valence-electron chi connectivity index (χ4n) is 5.33. The van der Waals surface area contributed by atoms with Gasteiger partial charge in [0, 0.05) is 34.8 Å². The Bertz CT molecular complexity index is 1270. The third-order valence-electron chi connectivity index (χ3n) is 7.40. The summed E-state index contributed by atoms with van der Waals surface area (Å²) in [6, 6.07) is 2.98. The van der Waals surface area contributed by atoms with E-state index in [0.29, 0.717) is 17.9 Å². The largest absolute Gasteiger partial charge is 0.353 e. The van der Waals surface area contributed by atoms with E-state index in [1.807, 2.05) is 10.7 Å². The number of likely N-dealkylation sites (tertiary alicyclic amines) is 1. The second kappa shape index (κ2) is 8.00. The molecule has 0 amide bonds. The Morgan fingerprint density at radius 2 is 1.78 bits per heavy atom. The van der Waals surface area contributed by atoms with E-state index in [1.54, 1.807) is 6.33 Å². The van der Waals surface area contributed by atoms with Crippen molar-refractivity contribution in [2.75, 3.05) is 13.1 Å². The summed E-state index contributed by atoms with van der Waals surface area (Å²) in [5.74, 6) is 0.936. The number of fused-ring (bicyclic) bond motifs is 2. The summed E-state index contributed by atoms with van der Waals surface area (Å²) >= 11 is 0. The van der Waals surface area contributed by atoms with Crippen LogP contribution in [0.1, 0.15) is 74.8 Å². The maximum Gasteiger partial charge on any atom is 0.158 e. The number of H-pyrrole nitrogens is 1. The lowest BCUT2D eigenvalue weighted by atomic mass is 9.90. The van der Waals surface area contributed by atoms with Crippen LogP contribution in [0.3, 0.4) is 0 Å². The first-order valence-electron chi connectivity index (χ1n) is 11.9. The van der Waals surface area contributed by atoms with Gasteiger partial charge in [-0.3, -0.25) is 4.98 Å². The monoisotopic (exact) mass is 430 g/mol. The molecule has 4 aromatic rings. The van der Waals surface area contributed by atoms with Gasteiger partial charge >= 0.3 is 0 Å². The van der Waals surface area contributed by atoms with Gasteiger partial charge in [0.05, 0.1) is 17.4 Å². The van der Waals surface area contributed by atoms with Gasteiger partial charge in [-0.15, -0.1) is 0 Å². The molecule has 0 radical (unpaired) electrons. The highest BCUT2D eigenvalue weighted by Gasteiger charge is 2.25. The van der Waals surface area contributed by atoms with Gasteiger partial charge in [0.25, 0.3) is 0 Å². The van der Waals surface area contributed by atoms with Crippen LogP contribution in [0.4, 0.5) is 0 Å². The molecule has 1 saturated heterocycles. The van der Waals surface area contributed by atoms with Crippen molar-refractivity contribution in [3.8, 4) is 11.3 Å². The normalized spacial score (nSPS) is 16.2. The van der Waals surface area contributed by atoms with E-state index in [4.69, 9.17) is 4.98 Å². The third-order valence-corrected chi connectivity index (χ3v) is 7.40. The first-order valence-corrected chi connectivity index (χ1v) is 11.9. The van der Waals surface area contributed by atoms with Crippen LogP contribution in [0.25, 0.3) is 27.8 Å². The molecule has 0 atom stereocenters. The molecule has 0 bridgehead atoms. The highest BCUT2D eigenvalue weighted by molar-refractivity contribution is 5.92. The Balaban J connectivity index is 1.60. The maximum atomic E-state index is 4.91. The van der Waals surface area contributed by atoms with Crippen LogP contribution in [0.15, 0.2) is 24.8 Å². The summed E-state index contributed by atoms with van der Waals surface area (Å²) in [6.45, 7) is 15.8. The van der Waals surface area contributed by atoms with Crippen molar-refractivity contribution in [3.63, 3.8) is 0 Å².